The molecule has 3 fully saturated rings. The molecule has 3 aliphatic heterocycles. The number of benzene rings is 1. The number of piperidine rings is 3. The van der Waals surface area contributed by atoms with Gasteiger partial charge in [0.2, 0.25) is 0 Å². The summed E-state index contributed by atoms with van der Waals surface area (Å²) in [6.45, 7) is 0.528. The zero-order chi connectivity index (χ0) is 31.0. The SMILES string of the molecule is COC1CCCN(C(F)C(COC(=O)Nc2ccc(Cl)cc2)(C(F)N2CCCC(OC)C2)C(F)N2CCCC(OC)C2)C1. The number of anilines is 1. The molecular weight excluding hydrogens is 589 g/mol. The number of ether oxygens (including phenoxy) is 4. The van der Waals surface area contributed by atoms with Gasteiger partial charge >= 0.3 is 6.09 Å². The van der Waals surface area contributed by atoms with Crippen molar-refractivity contribution in [1.29, 1.82) is 0 Å². The molecule has 0 spiro atoms. The first-order valence-electron chi connectivity index (χ1n) is 15.1. The Morgan fingerprint density at radius 2 is 1.21 bits per heavy atom. The maximum atomic E-state index is 17.3. The van der Waals surface area contributed by atoms with Crippen LogP contribution in [-0.2, 0) is 18.9 Å². The minimum Gasteiger partial charge on any atom is -0.448 e. The fraction of sp³-hybridized carbons (Fsp3) is 0.767. The summed E-state index contributed by atoms with van der Waals surface area (Å²) in [5, 5.41) is 3.03. The average Bonchev–Trinajstić information content (AvgIpc) is 3.05. The molecule has 0 aliphatic carbocycles. The number of hydrogen-bond acceptors (Lipinski definition) is 8. The predicted octanol–water partition coefficient (Wildman–Crippen LogP) is 5.09. The Kier molecular flexibility index (Phi) is 12.8. The van der Waals surface area contributed by atoms with E-state index in [-0.39, 0.29) is 37.9 Å². The van der Waals surface area contributed by atoms with Crippen molar-refractivity contribution in [3.8, 4) is 0 Å². The lowest BCUT2D eigenvalue weighted by atomic mass is 9.80. The van der Waals surface area contributed by atoms with Crippen molar-refractivity contribution in [3.05, 3.63) is 29.3 Å². The molecule has 43 heavy (non-hydrogen) atoms. The second-order valence-electron chi connectivity index (χ2n) is 11.8. The zero-order valence-electron chi connectivity index (χ0n) is 25.4. The van der Waals surface area contributed by atoms with E-state index < -0.39 is 37.0 Å². The molecule has 13 heteroatoms. The Bertz CT molecular complexity index is 940. The van der Waals surface area contributed by atoms with Crippen molar-refractivity contribution < 1.29 is 36.9 Å². The molecule has 1 amide bonds. The van der Waals surface area contributed by atoms with Crippen molar-refractivity contribution in [2.45, 2.75) is 75.7 Å². The van der Waals surface area contributed by atoms with Crippen LogP contribution in [0.3, 0.4) is 0 Å². The lowest BCUT2D eigenvalue weighted by Gasteiger charge is -2.52. The van der Waals surface area contributed by atoms with Crippen LogP contribution < -0.4 is 5.32 Å². The third kappa shape index (κ3) is 8.33. The summed E-state index contributed by atoms with van der Waals surface area (Å²) in [5.74, 6) is 0. The number of carbonyl (C=O) groups is 1. The summed E-state index contributed by atoms with van der Waals surface area (Å²) in [6.07, 6.45) is -4.24. The van der Waals surface area contributed by atoms with Crippen LogP contribution in [0.2, 0.25) is 5.02 Å². The van der Waals surface area contributed by atoms with Gasteiger partial charge in [-0.3, -0.25) is 20.0 Å². The van der Waals surface area contributed by atoms with Gasteiger partial charge in [-0.2, -0.15) is 0 Å². The Balaban J connectivity index is 1.70. The highest BCUT2D eigenvalue weighted by molar-refractivity contribution is 6.30. The van der Waals surface area contributed by atoms with Gasteiger partial charge < -0.3 is 18.9 Å². The van der Waals surface area contributed by atoms with Crippen molar-refractivity contribution in [1.82, 2.24) is 14.7 Å². The van der Waals surface area contributed by atoms with Crippen molar-refractivity contribution >= 4 is 23.4 Å². The fourth-order valence-electron chi connectivity index (χ4n) is 6.54. The van der Waals surface area contributed by atoms with E-state index in [9.17, 15) is 4.79 Å². The normalized spacial score (nSPS) is 28.0. The summed E-state index contributed by atoms with van der Waals surface area (Å²) in [6, 6.07) is 6.31. The van der Waals surface area contributed by atoms with Crippen LogP contribution in [0.25, 0.3) is 0 Å². The monoisotopic (exact) mass is 634 g/mol. The van der Waals surface area contributed by atoms with Crippen LogP contribution in [0.4, 0.5) is 23.7 Å². The minimum absolute atomic E-state index is 0.164. The number of carbonyl (C=O) groups excluding carboxylic acids is 1. The number of likely N-dealkylation sites (tertiary alicyclic amines) is 3. The molecule has 3 heterocycles. The van der Waals surface area contributed by atoms with E-state index in [1.165, 1.54) is 14.7 Å². The van der Waals surface area contributed by atoms with Gasteiger partial charge in [0.15, 0.2) is 18.9 Å². The third-order valence-electron chi connectivity index (χ3n) is 9.06. The molecule has 0 bridgehead atoms. The van der Waals surface area contributed by atoms with Gasteiger partial charge in [-0.25, -0.2) is 18.0 Å². The molecule has 9 nitrogen and oxygen atoms in total. The van der Waals surface area contributed by atoms with E-state index in [2.05, 4.69) is 5.32 Å². The first-order valence-corrected chi connectivity index (χ1v) is 15.5. The smallest absolute Gasteiger partial charge is 0.411 e. The fourth-order valence-corrected chi connectivity index (χ4v) is 6.66. The highest BCUT2D eigenvalue weighted by atomic mass is 35.5. The number of nitrogens with zero attached hydrogens (tertiary/aromatic N) is 3. The number of rotatable bonds is 12. The topological polar surface area (TPSA) is 75.7 Å². The van der Waals surface area contributed by atoms with Crippen LogP contribution in [0.1, 0.15) is 38.5 Å². The Morgan fingerprint density at radius 1 is 0.814 bits per heavy atom. The number of methoxy groups -OCH3 is 3. The second kappa shape index (κ2) is 16.1. The molecule has 1 aromatic carbocycles. The minimum atomic E-state index is -2.42. The number of alkyl halides is 3. The van der Waals surface area contributed by atoms with Gasteiger partial charge in [0.1, 0.15) is 12.0 Å². The van der Waals surface area contributed by atoms with E-state index in [1.54, 1.807) is 45.6 Å². The highest BCUT2D eigenvalue weighted by Gasteiger charge is 2.61. The standard InChI is InChI=1S/C30H46ClF3N4O5/c1-40-23-7-4-14-36(17-23)26(32)30(27(33)37-15-5-8-24(18-37)41-2,28(34)38-16-6-9-25(19-38)42-3)20-43-29(39)35-22-12-10-21(31)11-13-22/h10-13,23-28H,4-9,14-20H2,1-3H3,(H,35,39). The molecule has 3 saturated heterocycles. The lowest BCUT2D eigenvalue weighted by Crippen LogP contribution is -2.68. The van der Waals surface area contributed by atoms with E-state index in [0.29, 0.717) is 68.9 Å². The van der Waals surface area contributed by atoms with Gasteiger partial charge in [0.25, 0.3) is 0 Å². The van der Waals surface area contributed by atoms with Crippen LogP contribution in [0, 0.1) is 5.41 Å². The molecule has 1 N–H and O–H groups in total. The Morgan fingerprint density at radius 3 is 1.58 bits per heavy atom. The van der Waals surface area contributed by atoms with Crippen molar-refractivity contribution in [2.75, 3.05) is 72.5 Å². The largest absolute Gasteiger partial charge is 0.448 e. The summed E-state index contributed by atoms with van der Waals surface area (Å²) >= 11 is 5.95. The first kappa shape index (κ1) is 34.2. The highest BCUT2D eigenvalue weighted by Crippen LogP contribution is 2.44. The Hall–Kier alpha value is -1.67. The third-order valence-corrected chi connectivity index (χ3v) is 9.32. The second-order valence-corrected chi connectivity index (χ2v) is 12.2. The zero-order valence-corrected chi connectivity index (χ0v) is 26.1. The maximum Gasteiger partial charge on any atom is 0.411 e. The lowest BCUT2D eigenvalue weighted by molar-refractivity contribution is -0.226. The molecule has 0 aromatic heterocycles. The number of hydrogen-bond donors (Lipinski definition) is 1. The summed E-state index contributed by atoms with van der Waals surface area (Å²) in [7, 11) is 4.64. The van der Waals surface area contributed by atoms with Crippen LogP contribution >= 0.6 is 11.6 Å². The molecule has 1 aromatic rings. The molecule has 6 unspecified atom stereocenters. The quantitative estimate of drug-likeness (QED) is 0.319. The maximum absolute atomic E-state index is 17.3. The number of nitrogens with one attached hydrogen (secondary N) is 1. The first-order chi connectivity index (χ1) is 20.7. The van der Waals surface area contributed by atoms with E-state index in [0.717, 1.165) is 0 Å². The van der Waals surface area contributed by atoms with Crippen LogP contribution in [0.15, 0.2) is 24.3 Å². The Labute approximate surface area is 257 Å². The van der Waals surface area contributed by atoms with Gasteiger partial charge in [-0.05, 0) is 62.8 Å². The van der Waals surface area contributed by atoms with Crippen molar-refractivity contribution in [2.24, 2.45) is 5.41 Å². The summed E-state index contributed by atoms with van der Waals surface area (Å²) in [4.78, 5) is 17.3. The van der Waals surface area contributed by atoms with E-state index in [4.69, 9.17) is 30.5 Å². The van der Waals surface area contributed by atoms with Crippen LogP contribution in [-0.4, -0.2) is 125 Å². The van der Waals surface area contributed by atoms with E-state index in [1.807, 2.05) is 0 Å². The molecule has 0 radical (unpaired) electrons. The van der Waals surface area contributed by atoms with Crippen molar-refractivity contribution in [3.63, 3.8) is 0 Å². The van der Waals surface area contributed by atoms with Gasteiger partial charge in [0.05, 0.1) is 18.3 Å². The summed E-state index contributed by atoms with van der Waals surface area (Å²) in [5.41, 5.74) is -2.04. The van der Waals surface area contributed by atoms with Crippen LogP contribution in [0.5, 0.6) is 0 Å². The molecule has 244 valence electrons. The number of halogens is 4. The molecule has 4 rings (SSSR count). The number of amides is 1. The molecule has 6 atom stereocenters. The van der Waals surface area contributed by atoms with E-state index >= 15 is 13.2 Å². The molecule has 3 aliphatic rings. The predicted molar refractivity (Wildman–Crippen MR) is 158 cm³/mol. The van der Waals surface area contributed by atoms with Gasteiger partial charge in [-0.15, -0.1) is 0 Å². The van der Waals surface area contributed by atoms with Gasteiger partial charge in [-0.1, -0.05) is 11.6 Å². The molecular formula is C30H46ClF3N4O5. The van der Waals surface area contributed by atoms with Gasteiger partial charge in [0, 0.05) is 71.3 Å². The molecule has 0 saturated carbocycles. The summed E-state index contributed by atoms with van der Waals surface area (Å²) < 4.78 is 73.9. The average molecular weight is 635 g/mol.